The number of aliphatic hydroxyl groups excluding tert-OH is 3. The summed E-state index contributed by atoms with van der Waals surface area (Å²) < 4.78 is 5.13. The Morgan fingerprint density at radius 2 is 2.04 bits per heavy atom. The van der Waals surface area contributed by atoms with Crippen molar-refractivity contribution in [3.63, 3.8) is 0 Å². The Bertz CT molecular complexity index is 510. The highest BCUT2D eigenvalue weighted by molar-refractivity contribution is 5.85. The lowest BCUT2D eigenvalue weighted by atomic mass is 9.92. The zero-order valence-electron chi connectivity index (χ0n) is 12.3. The van der Waals surface area contributed by atoms with E-state index in [9.17, 15) is 19.8 Å². The SMILES string of the molecule is CC(=O)N[C@H]1C([C@H](O)[C@H](O)CO)OC(C(=O)O)=C[C@H]1NC(=N)N. The van der Waals surface area contributed by atoms with Gasteiger partial charge in [0.15, 0.2) is 5.96 Å². The minimum atomic E-state index is -1.70. The van der Waals surface area contributed by atoms with Crippen LogP contribution < -0.4 is 16.4 Å². The maximum Gasteiger partial charge on any atom is 0.370 e. The Kier molecular flexibility index (Phi) is 6.30. The quantitative estimate of drug-likeness (QED) is 0.179. The summed E-state index contributed by atoms with van der Waals surface area (Å²) in [7, 11) is 0. The number of nitrogens with one attached hydrogen (secondary N) is 3. The second-order valence-corrected chi connectivity index (χ2v) is 4.97. The van der Waals surface area contributed by atoms with Gasteiger partial charge in [-0.05, 0) is 6.08 Å². The average Bonchev–Trinajstić information content (AvgIpc) is 2.45. The summed E-state index contributed by atoms with van der Waals surface area (Å²) in [5.41, 5.74) is 5.24. The van der Waals surface area contributed by atoms with Crippen molar-refractivity contribution >= 4 is 17.8 Å². The number of ether oxygens (including phenoxy) is 1. The number of carbonyl (C=O) groups is 2. The smallest absolute Gasteiger partial charge is 0.370 e. The Balaban J connectivity index is 3.22. The molecule has 1 unspecified atom stereocenters. The molecule has 0 aromatic carbocycles. The number of hydrogen-bond acceptors (Lipinski definition) is 7. The highest BCUT2D eigenvalue weighted by Gasteiger charge is 2.43. The fraction of sp³-hybridized carbons (Fsp3) is 0.583. The Hall–Kier alpha value is -2.37. The van der Waals surface area contributed by atoms with E-state index in [1.165, 1.54) is 6.92 Å². The predicted molar refractivity (Wildman–Crippen MR) is 76.1 cm³/mol. The molecular formula is C12H20N4O7. The van der Waals surface area contributed by atoms with E-state index in [0.29, 0.717) is 0 Å². The number of amides is 1. The van der Waals surface area contributed by atoms with Gasteiger partial charge in [0.2, 0.25) is 11.7 Å². The van der Waals surface area contributed by atoms with Gasteiger partial charge in [-0.2, -0.15) is 0 Å². The first-order chi connectivity index (χ1) is 10.7. The maximum atomic E-state index is 11.4. The van der Waals surface area contributed by atoms with Crippen LogP contribution in [-0.4, -0.2) is 75.3 Å². The highest BCUT2D eigenvalue weighted by atomic mass is 16.5. The summed E-state index contributed by atoms with van der Waals surface area (Å²) in [6.45, 7) is 0.387. The molecule has 0 aliphatic carbocycles. The molecule has 1 rings (SSSR count). The number of hydrogen-bond donors (Lipinski definition) is 8. The number of rotatable bonds is 6. The topological polar surface area (TPSA) is 198 Å². The average molecular weight is 332 g/mol. The van der Waals surface area contributed by atoms with Crippen LogP contribution in [-0.2, 0) is 14.3 Å². The molecular weight excluding hydrogens is 312 g/mol. The molecule has 130 valence electrons. The zero-order chi connectivity index (χ0) is 17.7. The van der Waals surface area contributed by atoms with Crippen LogP contribution in [0.4, 0.5) is 0 Å². The van der Waals surface area contributed by atoms with Crippen molar-refractivity contribution in [3.05, 3.63) is 11.8 Å². The molecule has 1 aliphatic heterocycles. The van der Waals surface area contributed by atoms with Crippen LogP contribution in [0, 0.1) is 5.41 Å². The first-order valence-electron chi connectivity index (χ1n) is 6.63. The first-order valence-corrected chi connectivity index (χ1v) is 6.63. The summed E-state index contributed by atoms with van der Waals surface area (Å²) in [6, 6.07) is -2.03. The Morgan fingerprint density at radius 3 is 2.48 bits per heavy atom. The molecule has 0 saturated heterocycles. The number of carboxylic acid groups (broad SMARTS) is 1. The van der Waals surface area contributed by atoms with Crippen molar-refractivity contribution < 1.29 is 34.8 Å². The number of guanidine groups is 1. The van der Waals surface area contributed by atoms with Crippen molar-refractivity contribution in [2.45, 2.75) is 37.3 Å². The summed E-state index contributed by atoms with van der Waals surface area (Å²) in [4.78, 5) is 22.5. The molecule has 1 aliphatic rings. The molecule has 1 heterocycles. The van der Waals surface area contributed by atoms with Crippen LogP contribution in [0.3, 0.4) is 0 Å². The standard InChI is InChI=1S/C12H20N4O7/c1-4(18)15-8-5(16-12(13)14)2-7(11(21)22)23-10(8)9(20)6(19)3-17/h2,5-6,8-10,17,19-20H,3H2,1H3,(H,15,18)(H,21,22)(H4,13,14,16)/t5-,6-,8-,9-,10?/m1/s1. The molecule has 0 radical (unpaired) electrons. The summed E-state index contributed by atoms with van der Waals surface area (Å²) in [5.74, 6) is -3.02. The maximum absolute atomic E-state index is 11.4. The van der Waals surface area contributed by atoms with Gasteiger partial charge in [0.25, 0.3) is 0 Å². The molecule has 0 aromatic heterocycles. The molecule has 1 amide bonds. The second kappa shape index (κ2) is 7.76. The van der Waals surface area contributed by atoms with Gasteiger partial charge in [0.1, 0.15) is 18.3 Å². The third-order valence-corrected chi connectivity index (χ3v) is 3.16. The van der Waals surface area contributed by atoms with Crippen LogP contribution in [0.5, 0.6) is 0 Å². The van der Waals surface area contributed by atoms with Crippen LogP contribution in [0.15, 0.2) is 11.8 Å². The van der Waals surface area contributed by atoms with E-state index in [4.69, 9.17) is 26.1 Å². The first kappa shape index (κ1) is 18.7. The van der Waals surface area contributed by atoms with Crippen molar-refractivity contribution in [3.8, 4) is 0 Å². The highest BCUT2D eigenvalue weighted by Crippen LogP contribution is 2.23. The minimum Gasteiger partial charge on any atom is -0.478 e. The van der Waals surface area contributed by atoms with Crippen LogP contribution in [0.25, 0.3) is 0 Å². The lowest BCUT2D eigenvalue weighted by Crippen LogP contribution is -2.64. The Labute approximate surface area is 131 Å². The summed E-state index contributed by atoms with van der Waals surface area (Å²) >= 11 is 0. The van der Waals surface area contributed by atoms with E-state index in [1.807, 2.05) is 0 Å². The monoisotopic (exact) mass is 332 g/mol. The van der Waals surface area contributed by atoms with Gasteiger partial charge in [-0.1, -0.05) is 0 Å². The molecule has 11 nitrogen and oxygen atoms in total. The van der Waals surface area contributed by atoms with E-state index < -0.39 is 60.6 Å². The van der Waals surface area contributed by atoms with Crippen molar-refractivity contribution in [1.29, 1.82) is 5.41 Å². The number of nitrogens with two attached hydrogens (primary N) is 1. The molecule has 9 N–H and O–H groups in total. The lowest BCUT2D eigenvalue weighted by molar-refractivity contribution is -0.146. The molecule has 11 heteroatoms. The third-order valence-electron chi connectivity index (χ3n) is 3.16. The molecule has 23 heavy (non-hydrogen) atoms. The van der Waals surface area contributed by atoms with Gasteiger partial charge >= 0.3 is 5.97 Å². The van der Waals surface area contributed by atoms with Gasteiger partial charge in [0, 0.05) is 6.92 Å². The van der Waals surface area contributed by atoms with Crippen molar-refractivity contribution in [1.82, 2.24) is 10.6 Å². The van der Waals surface area contributed by atoms with Gasteiger partial charge in [0.05, 0.1) is 18.7 Å². The Morgan fingerprint density at radius 1 is 1.43 bits per heavy atom. The molecule has 5 atom stereocenters. The van der Waals surface area contributed by atoms with Gasteiger partial charge in [-0.25, -0.2) is 4.79 Å². The van der Waals surface area contributed by atoms with E-state index in [2.05, 4.69) is 10.6 Å². The van der Waals surface area contributed by atoms with Crippen LogP contribution in [0.2, 0.25) is 0 Å². The predicted octanol–water partition coefficient (Wildman–Crippen LogP) is -3.58. The lowest BCUT2D eigenvalue weighted by Gasteiger charge is -2.40. The van der Waals surface area contributed by atoms with Gasteiger partial charge in [-0.3, -0.25) is 10.2 Å². The zero-order valence-corrected chi connectivity index (χ0v) is 12.3. The summed E-state index contributed by atoms with van der Waals surface area (Å²) in [6.07, 6.45) is -3.63. The molecule has 0 spiro atoms. The fourth-order valence-electron chi connectivity index (χ4n) is 2.18. The van der Waals surface area contributed by atoms with E-state index >= 15 is 0 Å². The van der Waals surface area contributed by atoms with Crippen LogP contribution >= 0.6 is 0 Å². The number of aliphatic carboxylic acids is 1. The van der Waals surface area contributed by atoms with E-state index in [-0.39, 0.29) is 0 Å². The van der Waals surface area contributed by atoms with E-state index in [0.717, 1.165) is 6.08 Å². The molecule has 0 fully saturated rings. The normalized spacial score (nSPS) is 26.3. The number of carboxylic acids is 1. The molecule has 0 saturated carbocycles. The van der Waals surface area contributed by atoms with Crippen molar-refractivity contribution in [2.75, 3.05) is 6.61 Å². The fourth-order valence-corrected chi connectivity index (χ4v) is 2.18. The molecule has 0 bridgehead atoms. The summed E-state index contributed by atoms with van der Waals surface area (Å²) in [5, 5.41) is 49.8. The van der Waals surface area contributed by atoms with E-state index in [1.54, 1.807) is 0 Å². The largest absolute Gasteiger partial charge is 0.478 e. The molecule has 0 aromatic rings. The minimum absolute atomic E-state index is 0.496. The van der Waals surface area contributed by atoms with Gasteiger partial charge in [-0.15, -0.1) is 0 Å². The number of carbonyl (C=O) groups excluding carboxylic acids is 1. The third kappa shape index (κ3) is 4.81. The number of aliphatic hydroxyl groups is 3. The van der Waals surface area contributed by atoms with Gasteiger partial charge < -0.3 is 41.5 Å². The second-order valence-electron chi connectivity index (χ2n) is 4.97. The van der Waals surface area contributed by atoms with Crippen LogP contribution in [0.1, 0.15) is 6.92 Å². The van der Waals surface area contributed by atoms with Crippen molar-refractivity contribution in [2.24, 2.45) is 5.73 Å².